The Morgan fingerprint density at radius 3 is 2.50 bits per heavy atom. The van der Waals surface area contributed by atoms with E-state index in [1.165, 1.54) is 31.5 Å². The lowest BCUT2D eigenvalue weighted by atomic mass is 10.00. The van der Waals surface area contributed by atoms with E-state index in [9.17, 15) is 0 Å². The maximum absolute atomic E-state index is 2.57. The van der Waals surface area contributed by atoms with E-state index in [0.717, 1.165) is 12.5 Å². The van der Waals surface area contributed by atoms with Gasteiger partial charge in [-0.25, -0.2) is 0 Å². The van der Waals surface area contributed by atoms with Crippen molar-refractivity contribution in [3.63, 3.8) is 0 Å². The summed E-state index contributed by atoms with van der Waals surface area (Å²) in [5, 5.41) is 0. The summed E-state index contributed by atoms with van der Waals surface area (Å²) >= 11 is 0. The van der Waals surface area contributed by atoms with Crippen molar-refractivity contribution in [2.75, 3.05) is 13.1 Å². The Kier molecular flexibility index (Phi) is 6.17. The van der Waals surface area contributed by atoms with Crippen LogP contribution in [0.25, 0.3) is 0 Å². The van der Waals surface area contributed by atoms with Crippen molar-refractivity contribution >= 4 is 0 Å². The predicted molar refractivity (Wildman–Crippen MR) is 71.5 cm³/mol. The van der Waals surface area contributed by atoms with Crippen LogP contribution < -0.4 is 0 Å². The van der Waals surface area contributed by atoms with Gasteiger partial charge in [0.2, 0.25) is 0 Å². The van der Waals surface area contributed by atoms with Gasteiger partial charge in [0, 0.05) is 13.1 Å². The smallest absolute Gasteiger partial charge is 0.0233 e. The number of benzene rings is 1. The number of piperidine rings is 1. The van der Waals surface area contributed by atoms with Crippen molar-refractivity contribution < 1.29 is 0 Å². The van der Waals surface area contributed by atoms with Crippen molar-refractivity contribution in [2.45, 2.75) is 40.2 Å². The molecule has 1 aromatic rings. The summed E-state index contributed by atoms with van der Waals surface area (Å²) in [6.07, 6.45) is 2.78. The first-order valence-electron chi connectivity index (χ1n) is 6.61. The molecule has 0 radical (unpaired) electrons. The fourth-order valence-corrected chi connectivity index (χ4v) is 2.27. The second kappa shape index (κ2) is 7.45. The predicted octanol–water partition coefficient (Wildman–Crippen LogP) is 3.94. The average Bonchev–Trinajstić information content (AvgIpc) is 2.33. The standard InChI is InChI=1S/C13H19N.C2H6/c1-12-6-5-9-14(10-12)11-13-7-3-2-4-8-13;1-2/h2-4,7-8,12H,5-6,9-11H2,1H3;1-2H3/t12-;/m0./s1. The Morgan fingerprint density at radius 2 is 1.88 bits per heavy atom. The van der Waals surface area contributed by atoms with Crippen LogP contribution >= 0.6 is 0 Å². The molecular weight excluding hydrogens is 194 g/mol. The van der Waals surface area contributed by atoms with Gasteiger partial charge < -0.3 is 0 Å². The van der Waals surface area contributed by atoms with Crippen LogP contribution in [0.3, 0.4) is 0 Å². The number of hydrogen-bond donors (Lipinski definition) is 0. The van der Waals surface area contributed by atoms with Gasteiger partial charge in [-0.2, -0.15) is 0 Å². The first-order chi connectivity index (χ1) is 7.84. The first kappa shape index (κ1) is 13.2. The molecule has 1 aliphatic heterocycles. The van der Waals surface area contributed by atoms with E-state index in [1.54, 1.807) is 0 Å². The van der Waals surface area contributed by atoms with Crippen LogP contribution in [0.15, 0.2) is 30.3 Å². The van der Waals surface area contributed by atoms with E-state index in [4.69, 9.17) is 0 Å². The number of rotatable bonds is 2. The zero-order valence-corrected chi connectivity index (χ0v) is 10.9. The molecule has 0 bridgehead atoms. The lowest BCUT2D eigenvalue weighted by Gasteiger charge is -2.30. The summed E-state index contributed by atoms with van der Waals surface area (Å²) in [6, 6.07) is 10.8. The monoisotopic (exact) mass is 219 g/mol. The minimum Gasteiger partial charge on any atom is -0.299 e. The molecule has 90 valence electrons. The molecule has 0 aromatic heterocycles. The fourth-order valence-electron chi connectivity index (χ4n) is 2.27. The van der Waals surface area contributed by atoms with E-state index < -0.39 is 0 Å². The van der Waals surface area contributed by atoms with Crippen LogP contribution in [0.2, 0.25) is 0 Å². The maximum atomic E-state index is 2.57. The number of likely N-dealkylation sites (tertiary alicyclic amines) is 1. The largest absolute Gasteiger partial charge is 0.299 e. The molecule has 1 atom stereocenters. The van der Waals surface area contributed by atoms with Crippen LogP contribution in [-0.2, 0) is 6.54 Å². The third-order valence-electron chi connectivity index (χ3n) is 2.99. The molecule has 0 N–H and O–H groups in total. The minimum atomic E-state index is 0.882. The van der Waals surface area contributed by atoms with Gasteiger partial charge in [0.1, 0.15) is 0 Å². The molecule has 1 heteroatoms. The van der Waals surface area contributed by atoms with Crippen molar-refractivity contribution in [3.05, 3.63) is 35.9 Å². The van der Waals surface area contributed by atoms with Gasteiger partial charge in [0.05, 0.1) is 0 Å². The fraction of sp³-hybridized carbons (Fsp3) is 0.600. The highest BCUT2D eigenvalue weighted by molar-refractivity contribution is 5.14. The van der Waals surface area contributed by atoms with Crippen molar-refractivity contribution in [1.29, 1.82) is 0 Å². The second-order valence-electron chi connectivity index (χ2n) is 4.47. The van der Waals surface area contributed by atoms with Gasteiger partial charge in [-0.15, -0.1) is 0 Å². The highest BCUT2D eigenvalue weighted by atomic mass is 15.1. The lowest BCUT2D eigenvalue weighted by Crippen LogP contribution is -2.33. The van der Waals surface area contributed by atoms with Gasteiger partial charge in [-0.05, 0) is 30.9 Å². The molecule has 1 aromatic carbocycles. The quantitative estimate of drug-likeness (QED) is 0.728. The van der Waals surface area contributed by atoms with Crippen LogP contribution in [0.1, 0.15) is 39.2 Å². The number of nitrogens with zero attached hydrogens (tertiary/aromatic N) is 1. The normalized spacial score (nSPS) is 21.1. The molecule has 2 rings (SSSR count). The molecule has 1 aliphatic rings. The Hall–Kier alpha value is -0.820. The van der Waals surface area contributed by atoms with Crippen molar-refractivity contribution in [1.82, 2.24) is 4.90 Å². The SMILES string of the molecule is CC.C[C@H]1CCCN(Cc2ccccc2)C1. The van der Waals surface area contributed by atoms with E-state index in [2.05, 4.69) is 42.2 Å². The van der Waals surface area contributed by atoms with Crippen LogP contribution in [-0.4, -0.2) is 18.0 Å². The Balaban J connectivity index is 0.000000606. The molecule has 0 spiro atoms. The van der Waals surface area contributed by atoms with Crippen molar-refractivity contribution in [3.8, 4) is 0 Å². The van der Waals surface area contributed by atoms with Gasteiger partial charge in [-0.3, -0.25) is 4.90 Å². The van der Waals surface area contributed by atoms with E-state index in [0.29, 0.717) is 0 Å². The molecule has 0 aliphatic carbocycles. The van der Waals surface area contributed by atoms with E-state index >= 15 is 0 Å². The highest BCUT2D eigenvalue weighted by Gasteiger charge is 2.15. The molecular formula is C15H25N. The van der Waals surface area contributed by atoms with Crippen LogP contribution in [0, 0.1) is 5.92 Å². The zero-order valence-electron chi connectivity index (χ0n) is 10.9. The number of hydrogen-bond acceptors (Lipinski definition) is 1. The Labute approximate surface area is 100 Å². The molecule has 16 heavy (non-hydrogen) atoms. The Morgan fingerprint density at radius 1 is 1.19 bits per heavy atom. The topological polar surface area (TPSA) is 3.24 Å². The minimum absolute atomic E-state index is 0.882. The summed E-state index contributed by atoms with van der Waals surface area (Å²) in [4.78, 5) is 2.57. The molecule has 1 saturated heterocycles. The summed E-state index contributed by atoms with van der Waals surface area (Å²) in [6.45, 7) is 10.0. The third-order valence-corrected chi connectivity index (χ3v) is 2.99. The van der Waals surface area contributed by atoms with Gasteiger partial charge >= 0.3 is 0 Å². The van der Waals surface area contributed by atoms with Gasteiger partial charge in [-0.1, -0.05) is 51.1 Å². The van der Waals surface area contributed by atoms with Crippen LogP contribution in [0.4, 0.5) is 0 Å². The summed E-state index contributed by atoms with van der Waals surface area (Å²) in [5.41, 5.74) is 1.45. The van der Waals surface area contributed by atoms with Crippen LogP contribution in [0.5, 0.6) is 0 Å². The van der Waals surface area contributed by atoms with E-state index in [-0.39, 0.29) is 0 Å². The third kappa shape index (κ3) is 4.36. The Bertz CT molecular complexity index is 268. The molecule has 1 fully saturated rings. The van der Waals surface area contributed by atoms with Crippen molar-refractivity contribution in [2.24, 2.45) is 5.92 Å². The highest BCUT2D eigenvalue weighted by Crippen LogP contribution is 2.17. The maximum Gasteiger partial charge on any atom is 0.0233 e. The molecule has 0 unspecified atom stereocenters. The summed E-state index contributed by atoms with van der Waals surface area (Å²) in [5.74, 6) is 0.882. The van der Waals surface area contributed by atoms with Gasteiger partial charge in [0.15, 0.2) is 0 Å². The molecule has 0 amide bonds. The summed E-state index contributed by atoms with van der Waals surface area (Å²) in [7, 11) is 0. The summed E-state index contributed by atoms with van der Waals surface area (Å²) < 4.78 is 0. The molecule has 1 heterocycles. The van der Waals surface area contributed by atoms with E-state index in [1.807, 2.05) is 13.8 Å². The van der Waals surface area contributed by atoms with Gasteiger partial charge in [0.25, 0.3) is 0 Å². The average molecular weight is 219 g/mol. The molecule has 0 saturated carbocycles. The first-order valence-corrected chi connectivity index (χ1v) is 6.61. The lowest BCUT2D eigenvalue weighted by molar-refractivity contribution is 0.176. The zero-order chi connectivity index (χ0) is 11.8. The second-order valence-corrected chi connectivity index (χ2v) is 4.47. The molecule has 1 nitrogen and oxygen atoms in total.